The van der Waals surface area contributed by atoms with Crippen LogP contribution in [0.3, 0.4) is 0 Å². The van der Waals surface area contributed by atoms with Gasteiger partial charge in [-0.25, -0.2) is 8.42 Å². The molecule has 1 aromatic carbocycles. The molecule has 8 heteroatoms. The van der Waals surface area contributed by atoms with E-state index in [1.807, 2.05) is 0 Å². The average molecular weight is 323 g/mol. The number of anilines is 1. The summed E-state index contributed by atoms with van der Waals surface area (Å²) in [5.74, 6) is -0.483. The fraction of sp³-hybridized carbons (Fsp3) is 0.286. The smallest absolute Gasteiger partial charge is 0.277 e. The zero-order valence-electron chi connectivity index (χ0n) is 12.7. The number of aromatic amines is 1. The average Bonchev–Trinajstić information content (AvgIpc) is 2.64. The number of carbonyl (C=O) groups excluding carboxylic acids is 1. The first kappa shape index (κ1) is 16.0. The Hall–Kier alpha value is -2.35. The predicted molar refractivity (Wildman–Crippen MR) is 82.9 cm³/mol. The van der Waals surface area contributed by atoms with Gasteiger partial charge >= 0.3 is 0 Å². The number of nitrogens with two attached hydrogens (primary N) is 1. The Labute approximate surface area is 127 Å². The van der Waals surface area contributed by atoms with Crippen LogP contribution in [-0.4, -0.2) is 30.2 Å². The number of aryl methyl sites for hydroxylation is 2. The van der Waals surface area contributed by atoms with Crippen LogP contribution in [-0.2, 0) is 16.9 Å². The first-order valence-corrected chi connectivity index (χ1v) is 8.34. The van der Waals surface area contributed by atoms with Gasteiger partial charge in [0.2, 0.25) is 5.78 Å². The molecular formula is C14H17N3O4S. The lowest BCUT2D eigenvalue weighted by Crippen LogP contribution is -2.20. The molecule has 0 atom stereocenters. The summed E-state index contributed by atoms with van der Waals surface area (Å²) in [6.45, 7) is 3.18. The molecule has 0 bridgehead atoms. The van der Waals surface area contributed by atoms with Gasteiger partial charge in [-0.05, 0) is 31.5 Å². The highest BCUT2D eigenvalue weighted by molar-refractivity contribution is 7.90. The lowest BCUT2D eigenvalue weighted by molar-refractivity contribution is 0.103. The Morgan fingerprint density at radius 1 is 1.27 bits per heavy atom. The second-order valence-electron chi connectivity index (χ2n) is 5.23. The van der Waals surface area contributed by atoms with Crippen LogP contribution in [0, 0.1) is 13.8 Å². The van der Waals surface area contributed by atoms with Gasteiger partial charge in [-0.1, -0.05) is 0 Å². The summed E-state index contributed by atoms with van der Waals surface area (Å²) in [7, 11) is -1.97. The summed E-state index contributed by atoms with van der Waals surface area (Å²) >= 11 is 0. The van der Waals surface area contributed by atoms with E-state index in [2.05, 4.69) is 5.10 Å². The van der Waals surface area contributed by atoms with E-state index in [4.69, 9.17) is 5.73 Å². The van der Waals surface area contributed by atoms with Gasteiger partial charge in [0, 0.05) is 24.6 Å². The maximum atomic E-state index is 12.6. The fourth-order valence-electron chi connectivity index (χ4n) is 2.36. The molecule has 0 saturated carbocycles. The molecule has 1 aromatic heterocycles. The topological polar surface area (TPSA) is 115 Å². The summed E-state index contributed by atoms with van der Waals surface area (Å²) in [4.78, 5) is 24.6. The van der Waals surface area contributed by atoms with Gasteiger partial charge in [-0.2, -0.15) is 0 Å². The van der Waals surface area contributed by atoms with E-state index in [-0.39, 0.29) is 21.7 Å². The molecule has 22 heavy (non-hydrogen) atoms. The molecule has 0 radical (unpaired) electrons. The number of benzene rings is 1. The van der Waals surface area contributed by atoms with Crippen LogP contribution >= 0.6 is 0 Å². The van der Waals surface area contributed by atoms with Gasteiger partial charge in [0.15, 0.2) is 9.84 Å². The minimum atomic E-state index is -3.48. The number of rotatable bonds is 3. The number of aromatic nitrogens is 2. The monoisotopic (exact) mass is 323 g/mol. The lowest BCUT2D eigenvalue weighted by Gasteiger charge is -2.11. The number of nitrogens with one attached hydrogen (secondary N) is 1. The Bertz CT molecular complexity index is 936. The maximum absolute atomic E-state index is 12.6. The van der Waals surface area contributed by atoms with E-state index in [1.54, 1.807) is 13.8 Å². The summed E-state index contributed by atoms with van der Waals surface area (Å²) in [5, 5.41) is 2.75. The predicted octanol–water partition coefficient (Wildman–Crippen LogP) is 0.547. The van der Waals surface area contributed by atoms with Gasteiger partial charge in [0.1, 0.15) is 5.56 Å². The van der Waals surface area contributed by atoms with E-state index in [0.29, 0.717) is 11.3 Å². The second kappa shape index (κ2) is 5.13. The van der Waals surface area contributed by atoms with Crippen molar-refractivity contribution in [2.45, 2.75) is 18.7 Å². The number of sulfone groups is 1. The number of hydrogen-bond acceptors (Lipinski definition) is 5. The van der Waals surface area contributed by atoms with E-state index in [0.717, 1.165) is 6.26 Å². The van der Waals surface area contributed by atoms with Gasteiger partial charge < -0.3 is 5.73 Å². The normalized spacial score (nSPS) is 11.6. The first-order valence-electron chi connectivity index (χ1n) is 6.45. The molecule has 7 nitrogen and oxygen atoms in total. The summed E-state index contributed by atoms with van der Waals surface area (Å²) in [5.41, 5.74) is 6.46. The molecule has 0 saturated heterocycles. The molecule has 0 aliphatic heterocycles. The summed E-state index contributed by atoms with van der Waals surface area (Å²) < 4.78 is 24.5. The molecule has 3 N–H and O–H groups in total. The van der Waals surface area contributed by atoms with Crippen molar-refractivity contribution in [3.05, 3.63) is 44.9 Å². The van der Waals surface area contributed by atoms with Crippen LogP contribution in [0.5, 0.6) is 0 Å². The number of carbonyl (C=O) groups is 1. The first-order chi connectivity index (χ1) is 10.1. The highest BCUT2D eigenvalue weighted by Gasteiger charge is 2.23. The second-order valence-corrected chi connectivity index (χ2v) is 7.21. The molecule has 0 aliphatic carbocycles. The summed E-state index contributed by atoms with van der Waals surface area (Å²) in [6.07, 6.45) is 1.05. The molecule has 0 fully saturated rings. The minimum Gasteiger partial charge on any atom is -0.397 e. The van der Waals surface area contributed by atoms with Crippen LogP contribution in [0.2, 0.25) is 0 Å². The highest BCUT2D eigenvalue weighted by atomic mass is 32.2. The van der Waals surface area contributed by atoms with E-state index in [9.17, 15) is 18.0 Å². The minimum absolute atomic E-state index is 0.0251. The van der Waals surface area contributed by atoms with Crippen molar-refractivity contribution in [1.29, 1.82) is 0 Å². The number of hydrogen-bond donors (Lipinski definition) is 2. The number of nitrogen functional groups attached to an aromatic ring is 1. The number of ketones is 1. The molecule has 0 aliphatic rings. The molecule has 0 spiro atoms. The highest BCUT2D eigenvalue weighted by Crippen LogP contribution is 2.26. The van der Waals surface area contributed by atoms with Crippen LogP contribution in [0.1, 0.15) is 27.2 Å². The molecule has 2 rings (SSSR count). The number of H-pyrrole nitrogens is 1. The van der Waals surface area contributed by atoms with Crippen molar-refractivity contribution >= 4 is 21.3 Å². The SMILES string of the molecule is Cc1[nH]n(C)c(=O)c1C(=O)c1ccc(S(C)(=O)=O)c(N)c1C. The molecular weight excluding hydrogens is 306 g/mol. The van der Waals surface area contributed by atoms with Crippen molar-refractivity contribution in [1.82, 2.24) is 9.78 Å². The van der Waals surface area contributed by atoms with Gasteiger partial charge in [-0.3, -0.25) is 19.4 Å². The van der Waals surface area contributed by atoms with Crippen molar-refractivity contribution in [2.24, 2.45) is 7.05 Å². The Morgan fingerprint density at radius 3 is 2.32 bits per heavy atom. The third-order valence-electron chi connectivity index (χ3n) is 3.57. The van der Waals surface area contributed by atoms with Crippen LogP contribution in [0.4, 0.5) is 5.69 Å². The van der Waals surface area contributed by atoms with Crippen molar-refractivity contribution < 1.29 is 13.2 Å². The Kier molecular flexibility index (Phi) is 3.74. The zero-order valence-corrected chi connectivity index (χ0v) is 13.5. The molecule has 118 valence electrons. The van der Waals surface area contributed by atoms with Crippen LogP contribution in [0.15, 0.2) is 21.8 Å². The quantitative estimate of drug-likeness (QED) is 0.632. The maximum Gasteiger partial charge on any atom is 0.277 e. The van der Waals surface area contributed by atoms with Gasteiger partial charge in [0.25, 0.3) is 5.56 Å². The fourth-order valence-corrected chi connectivity index (χ4v) is 3.23. The molecule has 1 heterocycles. The van der Waals surface area contributed by atoms with E-state index in [1.165, 1.54) is 23.9 Å². The Balaban J connectivity index is 2.67. The van der Waals surface area contributed by atoms with Crippen molar-refractivity contribution in [3.63, 3.8) is 0 Å². The third kappa shape index (κ3) is 2.45. The standard InChI is InChI=1S/C14H17N3O4S/c1-7-9(5-6-10(12(7)15)22(4,20)21)13(18)11-8(2)16-17(3)14(11)19/h5-6,16H,15H2,1-4H3. The van der Waals surface area contributed by atoms with Crippen LogP contribution in [0.25, 0.3) is 0 Å². The van der Waals surface area contributed by atoms with Gasteiger partial charge in [-0.15, -0.1) is 0 Å². The molecule has 0 unspecified atom stereocenters. The largest absolute Gasteiger partial charge is 0.397 e. The zero-order chi connectivity index (χ0) is 16.8. The molecule has 0 amide bonds. The Morgan fingerprint density at radius 2 is 1.86 bits per heavy atom. The number of nitrogens with zero attached hydrogens (tertiary/aromatic N) is 1. The van der Waals surface area contributed by atoms with Gasteiger partial charge in [0.05, 0.1) is 10.6 Å². The summed E-state index contributed by atoms with van der Waals surface area (Å²) in [6, 6.07) is 2.67. The lowest BCUT2D eigenvalue weighted by atomic mass is 9.98. The van der Waals surface area contributed by atoms with E-state index < -0.39 is 21.2 Å². The van der Waals surface area contributed by atoms with E-state index >= 15 is 0 Å². The van der Waals surface area contributed by atoms with Crippen molar-refractivity contribution in [2.75, 3.05) is 12.0 Å². The van der Waals surface area contributed by atoms with Crippen LogP contribution < -0.4 is 11.3 Å². The van der Waals surface area contributed by atoms with Crippen molar-refractivity contribution in [3.8, 4) is 0 Å². The molecule has 2 aromatic rings. The third-order valence-corrected chi connectivity index (χ3v) is 4.73.